The third kappa shape index (κ3) is 4.48. The maximum atomic E-state index is 12.1. The van der Waals surface area contributed by atoms with Crippen molar-refractivity contribution in [1.82, 2.24) is 4.90 Å². The normalized spacial score (nSPS) is 14.5. The summed E-state index contributed by atoms with van der Waals surface area (Å²) < 4.78 is 5.04. The Kier molecular flexibility index (Phi) is 6.25. The lowest BCUT2D eigenvalue weighted by Gasteiger charge is -2.26. The van der Waals surface area contributed by atoms with E-state index in [1.165, 1.54) is 6.42 Å². The Labute approximate surface area is 131 Å². The summed E-state index contributed by atoms with van der Waals surface area (Å²) in [4.78, 5) is 25.9. The highest BCUT2D eigenvalue weighted by Gasteiger charge is 2.16. The smallest absolute Gasteiger partial charge is 0.340 e. The van der Waals surface area contributed by atoms with Crippen LogP contribution in [0.25, 0.3) is 0 Å². The number of carbonyl (C=O) groups is 2. The van der Waals surface area contributed by atoms with E-state index >= 15 is 0 Å². The van der Waals surface area contributed by atoms with Gasteiger partial charge in [-0.2, -0.15) is 0 Å². The number of esters is 1. The molecule has 22 heavy (non-hydrogen) atoms. The second-order valence-corrected chi connectivity index (χ2v) is 5.38. The number of nitrogens with zero attached hydrogens (tertiary/aromatic N) is 1. The van der Waals surface area contributed by atoms with Gasteiger partial charge in [0.25, 0.3) is 0 Å². The van der Waals surface area contributed by atoms with Crippen molar-refractivity contribution in [2.45, 2.75) is 32.6 Å². The molecule has 0 unspecified atom stereocenters. The molecule has 5 nitrogen and oxygen atoms in total. The molecule has 120 valence electrons. The third-order valence-electron chi connectivity index (χ3n) is 3.79. The van der Waals surface area contributed by atoms with E-state index in [1.54, 1.807) is 19.1 Å². The summed E-state index contributed by atoms with van der Waals surface area (Å²) in [6, 6.07) is 7.22. The summed E-state index contributed by atoms with van der Waals surface area (Å²) in [5, 5.41) is 3.17. The van der Waals surface area contributed by atoms with E-state index in [1.807, 2.05) is 17.0 Å². The molecule has 1 aromatic rings. The van der Waals surface area contributed by atoms with E-state index < -0.39 is 0 Å². The number of piperidine rings is 1. The van der Waals surface area contributed by atoms with Crippen molar-refractivity contribution in [1.29, 1.82) is 0 Å². The molecule has 1 N–H and O–H groups in total. The summed E-state index contributed by atoms with van der Waals surface area (Å²) in [6.07, 6.45) is 3.86. The highest BCUT2D eigenvalue weighted by atomic mass is 16.5. The van der Waals surface area contributed by atoms with Gasteiger partial charge in [0.2, 0.25) is 5.91 Å². The monoisotopic (exact) mass is 304 g/mol. The zero-order valence-electron chi connectivity index (χ0n) is 13.1. The molecule has 1 aliphatic rings. The number of para-hydroxylation sites is 1. The van der Waals surface area contributed by atoms with Gasteiger partial charge in [-0.05, 0) is 38.3 Å². The van der Waals surface area contributed by atoms with Crippen LogP contribution in [0, 0.1) is 0 Å². The average Bonchev–Trinajstić information content (AvgIpc) is 2.56. The molecule has 1 aromatic carbocycles. The van der Waals surface area contributed by atoms with Crippen LogP contribution in [0.2, 0.25) is 0 Å². The van der Waals surface area contributed by atoms with Crippen molar-refractivity contribution in [3.05, 3.63) is 29.8 Å². The number of benzene rings is 1. The van der Waals surface area contributed by atoms with Crippen LogP contribution >= 0.6 is 0 Å². The van der Waals surface area contributed by atoms with Gasteiger partial charge in [0.15, 0.2) is 0 Å². The van der Waals surface area contributed by atoms with Crippen LogP contribution in [0.15, 0.2) is 24.3 Å². The number of hydrogen-bond acceptors (Lipinski definition) is 4. The molecule has 0 radical (unpaired) electrons. The van der Waals surface area contributed by atoms with Crippen molar-refractivity contribution >= 4 is 17.6 Å². The zero-order valence-corrected chi connectivity index (χ0v) is 13.1. The highest BCUT2D eigenvalue weighted by molar-refractivity contribution is 5.95. The van der Waals surface area contributed by atoms with Gasteiger partial charge in [-0.25, -0.2) is 4.79 Å². The van der Waals surface area contributed by atoms with Gasteiger partial charge in [0.1, 0.15) is 0 Å². The molecular formula is C17H24N2O3. The predicted molar refractivity (Wildman–Crippen MR) is 85.9 cm³/mol. The number of carbonyl (C=O) groups excluding carboxylic acids is 2. The minimum Gasteiger partial charge on any atom is -0.462 e. The number of rotatable bonds is 6. The lowest BCUT2D eigenvalue weighted by molar-refractivity contribution is -0.131. The zero-order chi connectivity index (χ0) is 15.8. The van der Waals surface area contributed by atoms with Crippen molar-refractivity contribution in [3.8, 4) is 0 Å². The molecule has 1 saturated heterocycles. The first-order valence-corrected chi connectivity index (χ1v) is 8.00. The standard InChI is InChI=1S/C17H24N2O3/c1-2-22-17(21)14-8-4-5-9-15(14)18-11-10-16(20)19-12-6-3-7-13-19/h4-5,8-9,18H,2-3,6-7,10-13H2,1H3. The lowest BCUT2D eigenvalue weighted by atomic mass is 10.1. The van der Waals surface area contributed by atoms with Crippen molar-refractivity contribution in [3.63, 3.8) is 0 Å². The van der Waals surface area contributed by atoms with Gasteiger partial charge < -0.3 is 15.0 Å². The first kappa shape index (κ1) is 16.3. The molecule has 0 spiro atoms. The summed E-state index contributed by atoms with van der Waals surface area (Å²) in [5.41, 5.74) is 1.22. The van der Waals surface area contributed by atoms with Crippen LogP contribution < -0.4 is 5.32 Å². The Balaban J connectivity index is 1.86. The topological polar surface area (TPSA) is 58.6 Å². The van der Waals surface area contributed by atoms with Crippen LogP contribution in [0.1, 0.15) is 43.0 Å². The molecule has 0 aromatic heterocycles. The molecule has 0 bridgehead atoms. The SMILES string of the molecule is CCOC(=O)c1ccccc1NCCC(=O)N1CCCCC1. The van der Waals surface area contributed by atoms with Gasteiger partial charge in [-0.1, -0.05) is 12.1 Å². The van der Waals surface area contributed by atoms with Gasteiger partial charge in [0, 0.05) is 31.7 Å². The van der Waals surface area contributed by atoms with E-state index in [4.69, 9.17) is 4.74 Å². The number of amides is 1. The number of anilines is 1. The molecular weight excluding hydrogens is 280 g/mol. The third-order valence-corrected chi connectivity index (χ3v) is 3.79. The van der Waals surface area contributed by atoms with Crippen LogP contribution in [-0.4, -0.2) is 43.0 Å². The maximum Gasteiger partial charge on any atom is 0.340 e. The molecule has 0 atom stereocenters. The second-order valence-electron chi connectivity index (χ2n) is 5.38. The van der Waals surface area contributed by atoms with E-state index in [0.717, 1.165) is 25.9 Å². The fourth-order valence-electron chi connectivity index (χ4n) is 2.63. The first-order chi connectivity index (χ1) is 10.7. The van der Waals surface area contributed by atoms with Crippen LogP contribution in [0.4, 0.5) is 5.69 Å². The Morgan fingerprint density at radius 3 is 2.64 bits per heavy atom. The minimum atomic E-state index is -0.340. The summed E-state index contributed by atoms with van der Waals surface area (Å²) in [6.45, 7) is 4.40. The average molecular weight is 304 g/mol. The quantitative estimate of drug-likeness (QED) is 0.821. The number of nitrogens with one attached hydrogen (secondary N) is 1. The van der Waals surface area contributed by atoms with Crippen molar-refractivity contribution in [2.24, 2.45) is 0 Å². The summed E-state index contributed by atoms with van der Waals surface area (Å²) in [5.74, 6) is -0.159. The Bertz CT molecular complexity index is 510. The molecule has 5 heteroatoms. The minimum absolute atomic E-state index is 0.181. The number of likely N-dealkylation sites (tertiary alicyclic amines) is 1. The number of hydrogen-bond donors (Lipinski definition) is 1. The fourth-order valence-corrected chi connectivity index (χ4v) is 2.63. The largest absolute Gasteiger partial charge is 0.462 e. The molecule has 1 amide bonds. The Hall–Kier alpha value is -2.04. The molecule has 1 fully saturated rings. The summed E-state index contributed by atoms with van der Waals surface area (Å²) >= 11 is 0. The fraction of sp³-hybridized carbons (Fsp3) is 0.529. The second kappa shape index (κ2) is 8.41. The number of ether oxygens (including phenoxy) is 1. The molecule has 0 saturated carbocycles. The van der Waals surface area contributed by atoms with E-state index in [0.29, 0.717) is 30.8 Å². The lowest BCUT2D eigenvalue weighted by Crippen LogP contribution is -2.36. The molecule has 1 aliphatic heterocycles. The molecule has 0 aliphatic carbocycles. The van der Waals surface area contributed by atoms with Crippen LogP contribution in [-0.2, 0) is 9.53 Å². The van der Waals surface area contributed by atoms with Gasteiger partial charge in [-0.15, -0.1) is 0 Å². The van der Waals surface area contributed by atoms with Gasteiger partial charge >= 0.3 is 5.97 Å². The van der Waals surface area contributed by atoms with E-state index in [9.17, 15) is 9.59 Å². The first-order valence-electron chi connectivity index (χ1n) is 8.00. The van der Waals surface area contributed by atoms with Gasteiger partial charge in [0.05, 0.1) is 12.2 Å². The van der Waals surface area contributed by atoms with Crippen molar-refractivity contribution in [2.75, 3.05) is 31.6 Å². The summed E-state index contributed by atoms with van der Waals surface area (Å²) in [7, 11) is 0. The molecule has 2 rings (SSSR count). The maximum absolute atomic E-state index is 12.1. The van der Waals surface area contributed by atoms with E-state index in [-0.39, 0.29) is 11.9 Å². The Morgan fingerprint density at radius 2 is 1.91 bits per heavy atom. The Morgan fingerprint density at radius 1 is 1.18 bits per heavy atom. The highest BCUT2D eigenvalue weighted by Crippen LogP contribution is 2.16. The van der Waals surface area contributed by atoms with E-state index in [2.05, 4.69) is 5.32 Å². The molecule has 1 heterocycles. The van der Waals surface area contributed by atoms with Gasteiger partial charge in [-0.3, -0.25) is 4.79 Å². The predicted octanol–water partition coefficient (Wildman–Crippen LogP) is 2.68. The van der Waals surface area contributed by atoms with Crippen molar-refractivity contribution < 1.29 is 14.3 Å². The van der Waals surface area contributed by atoms with Crippen LogP contribution in [0.5, 0.6) is 0 Å². The van der Waals surface area contributed by atoms with Crippen LogP contribution in [0.3, 0.4) is 0 Å².